The van der Waals surface area contributed by atoms with Crippen molar-refractivity contribution >= 4 is 6.21 Å². The highest BCUT2D eigenvalue weighted by atomic mass is 16.3. The van der Waals surface area contributed by atoms with E-state index >= 15 is 0 Å². The molecule has 5 nitrogen and oxygen atoms in total. The zero-order valence-corrected chi connectivity index (χ0v) is 9.12. The van der Waals surface area contributed by atoms with E-state index in [2.05, 4.69) is 15.3 Å². The van der Waals surface area contributed by atoms with E-state index in [0.29, 0.717) is 0 Å². The number of rotatable bonds is 2. The van der Waals surface area contributed by atoms with E-state index in [0.717, 1.165) is 17.2 Å². The maximum absolute atomic E-state index is 9.29. The standard InChI is InChI=1S/C11H12N4O/c1-8-13-14-9(2)15(8)12-7-10-4-3-5-11(16)6-10/h3-7,16H,1-2H3. The highest BCUT2D eigenvalue weighted by Gasteiger charge is 2.00. The smallest absolute Gasteiger partial charge is 0.151 e. The van der Waals surface area contributed by atoms with Gasteiger partial charge in [-0.2, -0.15) is 5.10 Å². The second-order valence-corrected chi connectivity index (χ2v) is 3.45. The molecule has 82 valence electrons. The van der Waals surface area contributed by atoms with Crippen LogP contribution in [0.3, 0.4) is 0 Å². The Hall–Kier alpha value is -2.17. The molecular formula is C11H12N4O. The summed E-state index contributed by atoms with van der Waals surface area (Å²) >= 11 is 0. The Morgan fingerprint density at radius 2 is 1.94 bits per heavy atom. The number of phenols is 1. The highest BCUT2D eigenvalue weighted by molar-refractivity contribution is 5.80. The van der Waals surface area contributed by atoms with E-state index in [-0.39, 0.29) is 5.75 Å². The fraction of sp³-hybridized carbons (Fsp3) is 0.182. The third kappa shape index (κ3) is 2.08. The Labute approximate surface area is 93.1 Å². The molecule has 0 fully saturated rings. The molecule has 0 radical (unpaired) electrons. The van der Waals surface area contributed by atoms with Crippen molar-refractivity contribution in [1.82, 2.24) is 14.9 Å². The number of hydrogen-bond acceptors (Lipinski definition) is 4. The molecule has 0 unspecified atom stereocenters. The summed E-state index contributed by atoms with van der Waals surface area (Å²) in [6, 6.07) is 6.88. The van der Waals surface area contributed by atoms with Gasteiger partial charge in [0.25, 0.3) is 0 Å². The van der Waals surface area contributed by atoms with Crippen LogP contribution in [0.2, 0.25) is 0 Å². The summed E-state index contributed by atoms with van der Waals surface area (Å²) in [5.41, 5.74) is 0.826. The summed E-state index contributed by atoms with van der Waals surface area (Å²) in [7, 11) is 0. The summed E-state index contributed by atoms with van der Waals surface area (Å²) in [6.45, 7) is 3.67. The van der Waals surface area contributed by atoms with Gasteiger partial charge in [0.1, 0.15) is 5.75 Å². The van der Waals surface area contributed by atoms with Crippen molar-refractivity contribution in [3.05, 3.63) is 41.5 Å². The Kier molecular flexibility index (Phi) is 2.68. The minimum absolute atomic E-state index is 0.223. The fourth-order valence-electron chi connectivity index (χ4n) is 1.36. The van der Waals surface area contributed by atoms with Gasteiger partial charge in [-0.1, -0.05) is 12.1 Å². The lowest BCUT2D eigenvalue weighted by molar-refractivity contribution is 0.475. The molecule has 0 atom stereocenters. The average Bonchev–Trinajstić information content (AvgIpc) is 2.56. The van der Waals surface area contributed by atoms with Crippen molar-refractivity contribution in [1.29, 1.82) is 0 Å². The average molecular weight is 216 g/mol. The van der Waals surface area contributed by atoms with Gasteiger partial charge in [-0.15, -0.1) is 10.2 Å². The molecule has 16 heavy (non-hydrogen) atoms. The number of nitrogens with zero attached hydrogens (tertiary/aromatic N) is 4. The number of aromatic hydroxyl groups is 1. The topological polar surface area (TPSA) is 63.3 Å². The molecule has 0 bridgehead atoms. The van der Waals surface area contributed by atoms with Crippen molar-refractivity contribution in [2.75, 3.05) is 0 Å². The Bertz CT molecular complexity index is 511. The number of phenolic OH excluding ortho intramolecular Hbond substituents is 1. The van der Waals surface area contributed by atoms with E-state index in [1.54, 1.807) is 29.1 Å². The van der Waals surface area contributed by atoms with E-state index in [4.69, 9.17) is 0 Å². The van der Waals surface area contributed by atoms with Crippen LogP contribution in [0.25, 0.3) is 0 Å². The monoisotopic (exact) mass is 216 g/mol. The lowest BCUT2D eigenvalue weighted by Gasteiger charge is -1.97. The van der Waals surface area contributed by atoms with E-state index in [1.165, 1.54) is 0 Å². The van der Waals surface area contributed by atoms with Crippen LogP contribution in [0, 0.1) is 13.8 Å². The molecular weight excluding hydrogens is 204 g/mol. The van der Waals surface area contributed by atoms with E-state index in [9.17, 15) is 5.11 Å². The normalized spacial score (nSPS) is 11.1. The van der Waals surface area contributed by atoms with E-state index in [1.807, 2.05) is 19.9 Å². The van der Waals surface area contributed by atoms with Crippen LogP contribution in [0.4, 0.5) is 0 Å². The van der Waals surface area contributed by atoms with Crippen LogP contribution >= 0.6 is 0 Å². The Morgan fingerprint density at radius 1 is 1.25 bits per heavy atom. The molecule has 1 heterocycles. The van der Waals surface area contributed by atoms with E-state index < -0.39 is 0 Å². The lowest BCUT2D eigenvalue weighted by atomic mass is 10.2. The van der Waals surface area contributed by atoms with Crippen molar-refractivity contribution < 1.29 is 5.11 Å². The van der Waals surface area contributed by atoms with Gasteiger partial charge in [-0.3, -0.25) is 0 Å². The molecule has 5 heteroatoms. The first-order valence-electron chi connectivity index (χ1n) is 4.89. The van der Waals surface area contributed by atoms with Gasteiger partial charge in [0.15, 0.2) is 11.6 Å². The minimum Gasteiger partial charge on any atom is -0.508 e. The molecule has 1 aromatic heterocycles. The fourth-order valence-corrected chi connectivity index (χ4v) is 1.36. The molecule has 0 amide bonds. The Morgan fingerprint density at radius 3 is 2.56 bits per heavy atom. The molecule has 0 aliphatic heterocycles. The van der Waals surface area contributed by atoms with Crippen LogP contribution in [-0.4, -0.2) is 26.2 Å². The third-order valence-electron chi connectivity index (χ3n) is 2.14. The van der Waals surface area contributed by atoms with Gasteiger partial charge >= 0.3 is 0 Å². The number of aromatic nitrogens is 3. The predicted molar refractivity (Wildman–Crippen MR) is 60.6 cm³/mol. The van der Waals surface area contributed by atoms with Crippen LogP contribution in [-0.2, 0) is 0 Å². The van der Waals surface area contributed by atoms with Crippen LogP contribution in [0.15, 0.2) is 29.4 Å². The highest BCUT2D eigenvalue weighted by Crippen LogP contribution is 2.09. The number of benzene rings is 1. The van der Waals surface area contributed by atoms with Crippen molar-refractivity contribution in [2.45, 2.75) is 13.8 Å². The zero-order chi connectivity index (χ0) is 11.5. The predicted octanol–water partition coefficient (Wildman–Crippen LogP) is 1.48. The molecule has 0 saturated carbocycles. The van der Waals surface area contributed by atoms with Crippen molar-refractivity contribution in [3.8, 4) is 5.75 Å². The molecule has 1 aromatic carbocycles. The molecule has 0 aliphatic rings. The molecule has 2 aromatic rings. The largest absolute Gasteiger partial charge is 0.508 e. The maximum Gasteiger partial charge on any atom is 0.151 e. The van der Waals surface area contributed by atoms with Gasteiger partial charge in [-0.25, -0.2) is 4.68 Å². The third-order valence-corrected chi connectivity index (χ3v) is 2.14. The van der Waals surface area contributed by atoms with Crippen LogP contribution in [0.5, 0.6) is 5.75 Å². The number of aryl methyl sites for hydroxylation is 2. The minimum atomic E-state index is 0.223. The van der Waals surface area contributed by atoms with Gasteiger partial charge < -0.3 is 5.11 Å². The second kappa shape index (κ2) is 4.14. The maximum atomic E-state index is 9.29. The first-order valence-corrected chi connectivity index (χ1v) is 4.89. The zero-order valence-electron chi connectivity index (χ0n) is 9.12. The summed E-state index contributed by atoms with van der Waals surface area (Å²) < 4.78 is 1.64. The molecule has 1 N–H and O–H groups in total. The summed E-state index contributed by atoms with van der Waals surface area (Å²) in [5, 5.41) is 21.3. The van der Waals surface area contributed by atoms with Gasteiger partial charge in [0.05, 0.1) is 6.21 Å². The molecule has 0 spiro atoms. The first kappa shape index (κ1) is 10.4. The SMILES string of the molecule is Cc1nnc(C)n1N=Cc1cccc(O)c1. The van der Waals surface area contributed by atoms with Crippen molar-refractivity contribution in [2.24, 2.45) is 5.10 Å². The number of hydrogen-bond donors (Lipinski definition) is 1. The molecule has 0 aliphatic carbocycles. The Balaban J connectivity index is 2.28. The summed E-state index contributed by atoms with van der Waals surface area (Å²) in [5.74, 6) is 1.68. The second-order valence-electron chi connectivity index (χ2n) is 3.45. The summed E-state index contributed by atoms with van der Waals surface area (Å²) in [6.07, 6.45) is 1.66. The first-order chi connectivity index (χ1) is 7.66. The van der Waals surface area contributed by atoms with Crippen LogP contribution in [0.1, 0.15) is 17.2 Å². The van der Waals surface area contributed by atoms with Gasteiger partial charge in [0, 0.05) is 0 Å². The lowest BCUT2D eigenvalue weighted by Crippen LogP contribution is -1.96. The molecule has 2 rings (SSSR count). The van der Waals surface area contributed by atoms with Crippen LogP contribution < -0.4 is 0 Å². The molecule has 0 saturated heterocycles. The van der Waals surface area contributed by atoms with Gasteiger partial charge in [-0.05, 0) is 31.5 Å². The van der Waals surface area contributed by atoms with Crippen molar-refractivity contribution in [3.63, 3.8) is 0 Å². The van der Waals surface area contributed by atoms with Gasteiger partial charge in [0.2, 0.25) is 0 Å². The quantitative estimate of drug-likeness (QED) is 0.773. The summed E-state index contributed by atoms with van der Waals surface area (Å²) in [4.78, 5) is 0.